The molecule has 1 heterocycles. The highest BCUT2D eigenvalue weighted by atomic mass is 16.5. The summed E-state index contributed by atoms with van der Waals surface area (Å²) in [5.74, 6) is 2.61. The van der Waals surface area contributed by atoms with E-state index in [9.17, 15) is 0 Å². The number of nitrogens with zero attached hydrogens (tertiary/aromatic N) is 2. The van der Waals surface area contributed by atoms with Crippen molar-refractivity contribution in [3.8, 4) is 17.0 Å². The number of aromatic nitrogens is 2. The van der Waals surface area contributed by atoms with E-state index in [1.807, 2.05) is 37.3 Å². The monoisotopic (exact) mass is 285 g/mol. The van der Waals surface area contributed by atoms with Crippen LogP contribution in [-0.2, 0) is 6.42 Å². The van der Waals surface area contributed by atoms with Crippen LogP contribution in [0.25, 0.3) is 11.3 Å². The average molecular weight is 285 g/mol. The van der Waals surface area contributed by atoms with Crippen LogP contribution in [0.4, 0.5) is 5.82 Å². The maximum atomic E-state index is 5.56. The third kappa shape index (κ3) is 4.18. The fraction of sp³-hybridized carbons (Fsp3) is 0.412. The van der Waals surface area contributed by atoms with Crippen LogP contribution in [0.3, 0.4) is 0 Å². The molecule has 0 spiro atoms. The minimum Gasteiger partial charge on any atom is -0.494 e. The highest BCUT2D eigenvalue weighted by Gasteiger charge is 2.06. The van der Waals surface area contributed by atoms with Gasteiger partial charge in [-0.3, -0.25) is 0 Å². The van der Waals surface area contributed by atoms with E-state index in [0.717, 1.165) is 48.0 Å². The van der Waals surface area contributed by atoms with E-state index >= 15 is 0 Å². The largest absolute Gasteiger partial charge is 0.494 e. The van der Waals surface area contributed by atoms with E-state index in [1.165, 1.54) is 0 Å². The Morgan fingerprint density at radius 1 is 1.10 bits per heavy atom. The van der Waals surface area contributed by atoms with Gasteiger partial charge in [-0.2, -0.15) is 0 Å². The average Bonchev–Trinajstić information content (AvgIpc) is 2.53. The molecule has 0 atom stereocenters. The molecule has 4 nitrogen and oxygen atoms in total. The minimum absolute atomic E-state index is 0.663. The molecule has 0 aliphatic carbocycles. The first-order valence-electron chi connectivity index (χ1n) is 7.61. The second-order valence-electron chi connectivity index (χ2n) is 4.80. The molecule has 0 unspecified atom stereocenters. The summed E-state index contributed by atoms with van der Waals surface area (Å²) < 4.78 is 5.56. The van der Waals surface area contributed by atoms with Crippen LogP contribution in [0.1, 0.15) is 33.0 Å². The molecule has 0 radical (unpaired) electrons. The van der Waals surface area contributed by atoms with Crippen LogP contribution in [-0.4, -0.2) is 23.1 Å². The van der Waals surface area contributed by atoms with Gasteiger partial charge in [-0.15, -0.1) is 0 Å². The molecule has 1 aromatic carbocycles. The van der Waals surface area contributed by atoms with Gasteiger partial charge in [0.1, 0.15) is 17.4 Å². The molecule has 0 amide bonds. The van der Waals surface area contributed by atoms with Gasteiger partial charge in [0.2, 0.25) is 0 Å². The molecule has 21 heavy (non-hydrogen) atoms. The third-order valence-corrected chi connectivity index (χ3v) is 3.09. The van der Waals surface area contributed by atoms with Crippen LogP contribution in [0.15, 0.2) is 30.3 Å². The highest BCUT2D eigenvalue weighted by Crippen LogP contribution is 2.24. The molecule has 4 heteroatoms. The van der Waals surface area contributed by atoms with E-state index in [4.69, 9.17) is 4.74 Å². The highest BCUT2D eigenvalue weighted by molar-refractivity contribution is 5.64. The van der Waals surface area contributed by atoms with Crippen molar-refractivity contribution in [1.82, 2.24) is 9.97 Å². The number of ether oxygens (including phenoxy) is 1. The molecule has 0 aliphatic rings. The number of benzene rings is 1. The molecule has 0 bridgehead atoms. The Bertz CT molecular complexity index is 584. The van der Waals surface area contributed by atoms with Gasteiger partial charge < -0.3 is 10.1 Å². The summed E-state index contributed by atoms with van der Waals surface area (Å²) >= 11 is 0. The van der Waals surface area contributed by atoms with Crippen LogP contribution >= 0.6 is 0 Å². The zero-order valence-electron chi connectivity index (χ0n) is 13.0. The molecule has 0 saturated heterocycles. The van der Waals surface area contributed by atoms with Gasteiger partial charge in [-0.1, -0.05) is 26.0 Å². The fourth-order valence-corrected chi connectivity index (χ4v) is 2.06. The van der Waals surface area contributed by atoms with E-state index in [0.29, 0.717) is 6.61 Å². The number of anilines is 1. The topological polar surface area (TPSA) is 47.0 Å². The first-order valence-corrected chi connectivity index (χ1v) is 7.61. The molecule has 1 aromatic heterocycles. The van der Waals surface area contributed by atoms with E-state index < -0.39 is 0 Å². The van der Waals surface area contributed by atoms with Gasteiger partial charge in [0.05, 0.1) is 12.3 Å². The van der Waals surface area contributed by atoms with Crippen molar-refractivity contribution in [2.24, 2.45) is 0 Å². The molecular weight excluding hydrogens is 262 g/mol. The quantitative estimate of drug-likeness (QED) is 0.837. The SMILES string of the molecule is CCCNc1cc(-c2cccc(OCC)c2)nc(CC)n1. The number of hydrogen-bond donors (Lipinski definition) is 1. The van der Waals surface area contributed by atoms with Gasteiger partial charge in [0, 0.05) is 24.6 Å². The molecule has 0 fully saturated rings. The van der Waals surface area contributed by atoms with Crippen molar-refractivity contribution >= 4 is 5.82 Å². The van der Waals surface area contributed by atoms with E-state index in [-0.39, 0.29) is 0 Å². The Balaban J connectivity index is 2.35. The summed E-state index contributed by atoms with van der Waals surface area (Å²) in [6.07, 6.45) is 1.89. The van der Waals surface area contributed by atoms with Crippen molar-refractivity contribution in [1.29, 1.82) is 0 Å². The third-order valence-electron chi connectivity index (χ3n) is 3.09. The Morgan fingerprint density at radius 2 is 1.95 bits per heavy atom. The van der Waals surface area contributed by atoms with Gasteiger partial charge in [0.15, 0.2) is 0 Å². The second-order valence-corrected chi connectivity index (χ2v) is 4.80. The van der Waals surface area contributed by atoms with Crippen molar-refractivity contribution in [3.63, 3.8) is 0 Å². The summed E-state index contributed by atoms with van der Waals surface area (Å²) in [6, 6.07) is 10.0. The van der Waals surface area contributed by atoms with E-state index in [2.05, 4.69) is 29.1 Å². The Hall–Kier alpha value is -2.10. The fourth-order valence-electron chi connectivity index (χ4n) is 2.06. The predicted octanol–water partition coefficient (Wildman–Crippen LogP) is 3.93. The van der Waals surface area contributed by atoms with Gasteiger partial charge >= 0.3 is 0 Å². The Morgan fingerprint density at radius 3 is 2.67 bits per heavy atom. The minimum atomic E-state index is 0.663. The summed E-state index contributed by atoms with van der Waals surface area (Å²) in [6.45, 7) is 7.77. The first kappa shape index (κ1) is 15.3. The lowest BCUT2D eigenvalue weighted by atomic mass is 10.1. The lowest BCUT2D eigenvalue weighted by molar-refractivity contribution is 0.340. The van der Waals surface area contributed by atoms with Crippen molar-refractivity contribution < 1.29 is 4.74 Å². The van der Waals surface area contributed by atoms with E-state index in [1.54, 1.807) is 0 Å². The molecule has 2 rings (SSSR count). The molecule has 1 N–H and O–H groups in total. The standard InChI is InChI=1S/C17H23N3O/c1-4-10-18-17-12-15(19-16(5-2)20-17)13-8-7-9-14(11-13)21-6-3/h7-9,11-12H,4-6,10H2,1-3H3,(H,18,19,20). The number of aryl methyl sites for hydroxylation is 1. The molecule has 2 aromatic rings. The van der Waals surface area contributed by atoms with Crippen LogP contribution in [0.5, 0.6) is 5.75 Å². The lowest BCUT2D eigenvalue weighted by Crippen LogP contribution is -2.05. The zero-order valence-corrected chi connectivity index (χ0v) is 13.0. The number of rotatable bonds is 7. The molecular formula is C17H23N3O. The van der Waals surface area contributed by atoms with Crippen molar-refractivity contribution in [3.05, 3.63) is 36.2 Å². The van der Waals surface area contributed by atoms with Gasteiger partial charge in [-0.25, -0.2) is 9.97 Å². The zero-order chi connectivity index (χ0) is 15.1. The summed E-state index contributed by atoms with van der Waals surface area (Å²) in [5.41, 5.74) is 1.99. The van der Waals surface area contributed by atoms with Crippen molar-refractivity contribution in [2.45, 2.75) is 33.6 Å². The molecule has 112 valence electrons. The molecule has 0 aliphatic heterocycles. The predicted molar refractivity (Wildman–Crippen MR) is 86.8 cm³/mol. The number of hydrogen-bond acceptors (Lipinski definition) is 4. The molecule has 0 saturated carbocycles. The maximum absolute atomic E-state index is 5.56. The van der Waals surface area contributed by atoms with Gasteiger partial charge in [0.25, 0.3) is 0 Å². The van der Waals surface area contributed by atoms with Crippen molar-refractivity contribution in [2.75, 3.05) is 18.5 Å². The lowest BCUT2D eigenvalue weighted by Gasteiger charge is -2.10. The van der Waals surface area contributed by atoms with Gasteiger partial charge in [-0.05, 0) is 25.5 Å². The normalized spacial score (nSPS) is 10.4. The summed E-state index contributed by atoms with van der Waals surface area (Å²) in [7, 11) is 0. The summed E-state index contributed by atoms with van der Waals surface area (Å²) in [5, 5.41) is 3.34. The van der Waals surface area contributed by atoms with Crippen LogP contribution < -0.4 is 10.1 Å². The Labute approximate surface area is 126 Å². The van der Waals surface area contributed by atoms with Crippen LogP contribution in [0.2, 0.25) is 0 Å². The summed E-state index contributed by atoms with van der Waals surface area (Å²) in [4.78, 5) is 9.14. The first-order chi connectivity index (χ1) is 10.3. The van der Waals surface area contributed by atoms with Crippen LogP contribution in [0, 0.1) is 0 Å². The number of nitrogens with one attached hydrogen (secondary N) is 1. The maximum Gasteiger partial charge on any atom is 0.131 e. The second kappa shape index (κ2) is 7.62. The Kier molecular flexibility index (Phi) is 5.55. The smallest absolute Gasteiger partial charge is 0.131 e.